The SMILES string of the molecule is COC(=O)[C@H](Cc1cccc(OCc2ccccc2)c1)NC(=O)[C@@H]1Cc2ccccc2CN1C(=O)OCc1ccccc1. The normalized spacial score (nSPS) is 14.6. The Bertz CT molecular complexity index is 1540. The van der Waals surface area contributed by atoms with Crippen molar-refractivity contribution < 1.29 is 28.6 Å². The number of amides is 2. The van der Waals surface area contributed by atoms with Crippen molar-refractivity contribution in [2.24, 2.45) is 0 Å². The highest BCUT2D eigenvalue weighted by Crippen LogP contribution is 2.25. The van der Waals surface area contributed by atoms with Gasteiger partial charge in [0.1, 0.15) is 31.0 Å². The molecule has 8 heteroatoms. The van der Waals surface area contributed by atoms with E-state index < -0.39 is 30.1 Å². The number of hydrogen-bond donors (Lipinski definition) is 1. The van der Waals surface area contributed by atoms with E-state index in [9.17, 15) is 14.4 Å². The molecule has 1 aliphatic rings. The summed E-state index contributed by atoms with van der Waals surface area (Å²) in [5.41, 5.74) is 4.57. The molecule has 0 radical (unpaired) electrons. The molecule has 0 aromatic heterocycles. The van der Waals surface area contributed by atoms with Crippen LogP contribution < -0.4 is 10.1 Å². The number of nitrogens with zero attached hydrogens (tertiary/aromatic N) is 1. The topological polar surface area (TPSA) is 94.2 Å². The number of hydrogen-bond acceptors (Lipinski definition) is 6. The third-order valence-corrected chi connectivity index (χ3v) is 7.38. The predicted octanol–water partition coefficient (Wildman–Crippen LogP) is 5.23. The Morgan fingerprint density at radius 1 is 0.791 bits per heavy atom. The van der Waals surface area contributed by atoms with Gasteiger partial charge in [-0.25, -0.2) is 9.59 Å². The first-order valence-electron chi connectivity index (χ1n) is 14.2. The van der Waals surface area contributed by atoms with E-state index in [0.717, 1.165) is 27.8 Å². The van der Waals surface area contributed by atoms with Gasteiger partial charge in [-0.3, -0.25) is 9.69 Å². The highest BCUT2D eigenvalue weighted by Gasteiger charge is 2.37. The quantitative estimate of drug-likeness (QED) is 0.259. The van der Waals surface area contributed by atoms with Gasteiger partial charge in [0.15, 0.2) is 0 Å². The molecule has 0 spiro atoms. The standard InChI is InChI=1S/C35H34N2O6/c1-41-34(39)31(20-27-15-10-18-30(19-27)42-23-25-11-4-2-5-12-25)36-33(38)32-21-28-16-8-9-17-29(28)22-37(32)35(40)43-24-26-13-6-3-7-14-26/h2-19,31-32H,20-24H2,1H3,(H,36,38)/t31-,32-/m0/s1. The molecule has 220 valence electrons. The number of esters is 1. The molecule has 1 heterocycles. The lowest BCUT2D eigenvalue weighted by Gasteiger charge is -2.35. The van der Waals surface area contributed by atoms with E-state index in [4.69, 9.17) is 14.2 Å². The highest BCUT2D eigenvalue weighted by atomic mass is 16.6. The van der Waals surface area contributed by atoms with Crippen LogP contribution in [0.5, 0.6) is 5.75 Å². The number of methoxy groups -OCH3 is 1. The lowest BCUT2D eigenvalue weighted by molar-refractivity contribution is -0.145. The van der Waals surface area contributed by atoms with Crippen molar-refractivity contribution in [2.45, 2.75) is 44.7 Å². The van der Waals surface area contributed by atoms with Gasteiger partial charge in [0, 0.05) is 12.8 Å². The minimum Gasteiger partial charge on any atom is -0.489 e. The second kappa shape index (κ2) is 14.2. The maximum Gasteiger partial charge on any atom is 0.411 e. The molecule has 4 aromatic carbocycles. The first kappa shape index (κ1) is 29.4. The van der Waals surface area contributed by atoms with Crippen LogP contribution in [0.25, 0.3) is 0 Å². The summed E-state index contributed by atoms with van der Waals surface area (Å²) in [7, 11) is 1.28. The van der Waals surface area contributed by atoms with Crippen LogP contribution in [0.2, 0.25) is 0 Å². The van der Waals surface area contributed by atoms with Crippen LogP contribution in [0.4, 0.5) is 4.79 Å². The third-order valence-electron chi connectivity index (χ3n) is 7.38. The third kappa shape index (κ3) is 7.80. The van der Waals surface area contributed by atoms with Gasteiger partial charge in [0.25, 0.3) is 0 Å². The molecule has 0 bridgehead atoms. The molecule has 4 aromatic rings. The average Bonchev–Trinajstić information content (AvgIpc) is 3.06. The van der Waals surface area contributed by atoms with E-state index in [-0.39, 0.29) is 19.6 Å². The zero-order valence-electron chi connectivity index (χ0n) is 24.0. The molecule has 0 fully saturated rings. The molecule has 8 nitrogen and oxygen atoms in total. The van der Waals surface area contributed by atoms with E-state index in [0.29, 0.717) is 18.8 Å². The maximum atomic E-state index is 13.8. The van der Waals surface area contributed by atoms with Gasteiger partial charge in [-0.05, 0) is 39.9 Å². The Morgan fingerprint density at radius 2 is 1.42 bits per heavy atom. The molecule has 2 amide bonds. The fourth-order valence-electron chi connectivity index (χ4n) is 5.09. The van der Waals surface area contributed by atoms with E-state index in [1.165, 1.54) is 12.0 Å². The number of ether oxygens (including phenoxy) is 3. The summed E-state index contributed by atoms with van der Waals surface area (Å²) in [6, 6.07) is 32.4. The van der Waals surface area contributed by atoms with Crippen LogP contribution >= 0.6 is 0 Å². The second-order valence-electron chi connectivity index (χ2n) is 10.4. The van der Waals surface area contributed by atoms with Crippen molar-refractivity contribution in [3.63, 3.8) is 0 Å². The molecule has 0 saturated carbocycles. The van der Waals surface area contributed by atoms with E-state index >= 15 is 0 Å². The summed E-state index contributed by atoms with van der Waals surface area (Å²) >= 11 is 0. The molecule has 0 saturated heterocycles. The Morgan fingerprint density at radius 3 is 2.12 bits per heavy atom. The van der Waals surface area contributed by atoms with Crippen LogP contribution in [0.3, 0.4) is 0 Å². The fraction of sp³-hybridized carbons (Fsp3) is 0.229. The molecule has 0 aliphatic carbocycles. The minimum atomic E-state index is -0.971. The fourth-order valence-corrected chi connectivity index (χ4v) is 5.09. The van der Waals surface area contributed by atoms with Gasteiger partial charge in [-0.2, -0.15) is 0 Å². The number of benzene rings is 4. The predicted molar refractivity (Wildman–Crippen MR) is 161 cm³/mol. The molecule has 43 heavy (non-hydrogen) atoms. The van der Waals surface area contributed by atoms with Crippen molar-refractivity contribution in [2.75, 3.05) is 7.11 Å². The Hall–Kier alpha value is -5.11. The number of carbonyl (C=O) groups excluding carboxylic acids is 3. The summed E-state index contributed by atoms with van der Waals surface area (Å²) in [6.45, 7) is 0.700. The molecule has 0 unspecified atom stereocenters. The number of fused-ring (bicyclic) bond motifs is 1. The monoisotopic (exact) mass is 578 g/mol. The average molecular weight is 579 g/mol. The Kier molecular flexibility index (Phi) is 9.69. The van der Waals surface area contributed by atoms with Crippen LogP contribution in [0, 0.1) is 0 Å². The maximum absolute atomic E-state index is 13.8. The van der Waals surface area contributed by atoms with Crippen molar-refractivity contribution in [3.8, 4) is 5.75 Å². The summed E-state index contributed by atoms with van der Waals surface area (Å²) in [5, 5.41) is 2.85. The molecular weight excluding hydrogens is 544 g/mol. The smallest absolute Gasteiger partial charge is 0.411 e. The van der Waals surface area contributed by atoms with Gasteiger partial charge in [-0.15, -0.1) is 0 Å². The van der Waals surface area contributed by atoms with Crippen LogP contribution in [-0.2, 0) is 51.7 Å². The summed E-state index contributed by atoms with van der Waals surface area (Å²) in [4.78, 5) is 41.3. The lowest BCUT2D eigenvalue weighted by atomic mass is 9.93. The molecule has 1 aliphatic heterocycles. The van der Waals surface area contributed by atoms with Crippen LogP contribution in [-0.4, -0.2) is 42.1 Å². The summed E-state index contributed by atoms with van der Waals surface area (Å²) < 4.78 is 16.6. The first-order valence-corrected chi connectivity index (χ1v) is 14.2. The first-order chi connectivity index (χ1) is 21.0. The second-order valence-corrected chi connectivity index (χ2v) is 10.4. The van der Waals surface area contributed by atoms with E-state index in [1.807, 2.05) is 109 Å². The van der Waals surface area contributed by atoms with Crippen molar-refractivity contribution in [1.82, 2.24) is 10.2 Å². The number of rotatable bonds is 10. The van der Waals surface area contributed by atoms with Crippen LogP contribution in [0.15, 0.2) is 109 Å². The number of nitrogens with one attached hydrogen (secondary N) is 1. The number of carbonyl (C=O) groups is 3. The largest absolute Gasteiger partial charge is 0.489 e. The van der Waals surface area contributed by atoms with Gasteiger partial charge in [0.05, 0.1) is 13.7 Å². The van der Waals surface area contributed by atoms with Gasteiger partial charge in [0.2, 0.25) is 5.91 Å². The van der Waals surface area contributed by atoms with E-state index in [2.05, 4.69) is 5.32 Å². The van der Waals surface area contributed by atoms with E-state index in [1.54, 1.807) is 0 Å². The zero-order chi connectivity index (χ0) is 30.0. The molecule has 5 rings (SSSR count). The van der Waals surface area contributed by atoms with Crippen LogP contribution in [0.1, 0.15) is 27.8 Å². The van der Waals surface area contributed by atoms with Gasteiger partial charge < -0.3 is 19.5 Å². The van der Waals surface area contributed by atoms with Gasteiger partial charge in [-0.1, -0.05) is 97.1 Å². The van der Waals surface area contributed by atoms with Crippen molar-refractivity contribution >= 4 is 18.0 Å². The van der Waals surface area contributed by atoms with Gasteiger partial charge >= 0.3 is 12.1 Å². The van der Waals surface area contributed by atoms with Crippen molar-refractivity contribution in [1.29, 1.82) is 0 Å². The van der Waals surface area contributed by atoms with Crippen molar-refractivity contribution in [3.05, 3.63) is 137 Å². The molecular formula is C35H34N2O6. The highest BCUT2D eigenvalue weighted by molar-refractivity contribution is 5.90. The molecule has 2 atom stereocenters. The molecule has 1 N–H and O–H groups in total. The Balaban J connectivity index is 1.29. The summed E-state index contributed by atoms with van der Waals surface area (Å²) in [6.07, 6.45) is -0.126. The zero-order valence-corrected chi connectivity index (χ0v) is 24.0. The summed E-state index contributed by atoms with van der Waals surface area (Å²) in [5.74, 6) is -0.399. The lowest BCUT2D eigenvalue weighted by Crippen LogP contribution is -2.56. The minimum absolute atomic E-state index is 0.0830. The Labute approximate surface area is 251 Å².